The highest BCUT2D eigenvalue weighted by molar-refractivity contribution is 7.98. The van der Waals surface area contributed by atoms with E-state index in [1.165, 1.54) is 0 Å². The first-order valence-corrected chi connectivity index (χ1v) is 14.4. The second-order valence-electron chi connectivity index (χ2n) is 10.2. The molecule has 10 heteroatoms. The molecule has 3 aromatic carbocycles. The van der Waals surface area contributed by atoms with E-state index in [0.29, 0.717) is 36.2 Å². The quantitative estimate of drug-likeness (QED) is 0.194. The van der Waals surface area contributed by atoms with E-state index in [1.54, 1.807) is 56.8 Å². The summed E-state index contributed by atoms with van der Waals surface area (Å²) >= 11 is 1.65. The number of para-hydroxylation sites is 1. The van der Waals surface area contributed by atoms with Crippen LogP contribution in [0.5, 0.6) is 5.75 Å². The number of carbonyl (C=O) groups excluding carboxylic acids is 2. The van der Waals surface area contributed by atoms with Crippen molar-refractivity contribution in [3.8, 4) is 17.2 Å². The largest absolute Gasteiger partial charge is 0.493 e. The summed E-state index contributed by atoms with van der Waals surface area (Å²) in [5.41, 5.74) is 1.52. The van der Waals surface area contributed by atoms with E-state index in [9.17, 15) is 9.59 Å². The Morgan fingerprint density at radius 2 is 1.61 bits per heavy atom. The van der Waals surface area contributed by atoms with Crippen molar-refractivity contribution in [2.45, 2.75) is 44.6 Å². The highest BCUT2D eigenvalue weighted by Crippen LogP contribution is 2.22. The molecule has 41 heavy (non-hydrogen) atoms. The number of hydrogen-bond donors (Lipinski definition) is 2. The van der Waals surface area contributed by atoms with Crippen LogP contribution < -0.4 is 15.4 Å². The molecule has 0 aliphatic rings. The van der Waals surface area contributed by atoms with Gasteiger partial charge in [-0.3, -0.25) is 4.79 Å². The van der Waals surface area contributed by atoms with Gasteiger partial charge in [0, 0.05) is 23.4 Å². The summed E-state index contributed by atoms with van der Waals surface area (Å²) in [5.74, 6) is 2.77. The third-order valence-electron chi connectivity index (χ3n) is 5.62. The van der Waals surface area contributed by atoms with Gasteiger partial charge in [0.2, 0.25) is 17.7 Å². The predicted molar refractivity (Wildman–Crippen MR) is 160 cm³/mol. The Kier molecular flexibility index (Phi) is 10.4. The number of amides is 2. The van der Waals surface area contributed by atoms with Gasteiger partial charge in [0.05, 0.1) is 12.4 Å². The molecule has 0 aliphatic heterocycles. The van der Waals surface area contributed by atoms with Gasteiger partial charge < -0.3 is 24.5 Å². The smallest absolute Gasteiger partial charge is 0.408 e. The van der Waals surface area contributed by atoms with E-state index in [2.05, 4.69) is 20.8 Å². The molecule has 2 N–H and O–H groups in total. The maximum atomic E-state index is 13.2. The summed E-state index contributed by atoms with van der Waals surface area (Å²) in [6, 6.07) is 25.4. The standard InChI is InChI=1S/C31H34N4O5S/c1-31(2,3)40-30(37)33-26(20-22-10-6-4-7-11-22)28(36)32-24-16-14-23(15-17-24)29-35-34-27(39-29)21-41-19-18-38-25-12-8-5-9-13-25/h4-17,26H,18-21H2,1-3H3,(H,32,36)(H,33,37). The Hall–Kier alpha value is -4.31. The first-order chi connectivity index (χ1) is 19.7. The fourth-order valence-electron chi connectivity index (χ4n) is 3.76. The van der Waals surface area contributed by atoms with Crippen molar-refractivity contribution >= 4 is 29.4 Å². The second-order valence-corrected chi connectivity index (χ2v) is 11.3. The monoisotopic (exact) mass is 574 g/mol. The van der Waals surface area contributed by atoms with E-state index in [0.717, 1.165) is 22.6 Å². The first-order valence-electron chi connectivity index (χ1n) is 13.3. The van der Waals surface area contributed by atoms with E-state index in [1.807, 2.05) is 60.7 Å². The van der Waals surface area contributed by atoms with E-state index < -0.39 is 17.7 Å². The summed E-state index contributed by atoms with van der Waals surface area (Å²) in [5, 5.41) is 13.9. The number of carbonyl (C=O) groups is 2. The number of nitrogens with one attached hydrogen (secondary N) is 2. The van der Waals surface area contributed by atoms with Crippen molar-refractivity contribution < 1.29 is 23.5 Å². The van der Waals surface area contributed by atoms with E-state index in [4.69, 9.17) is 13.9 Å². The van der Waals surface area contributed by atoms with Crippen molar-refractivity contribution in [2.24, 2.45) is 0 Å². The van der Waals surface area contributed by atoms with Crippen LogP contribution in [0, 0.1) is 0 Å². The summed E-state index contributed by atoms with van der Waals surface area (Å²) in [4.78, 5) is 25.6. The maximum absolute atomic E-state index is 13.2. The number of anilines is 1. The fourth-order valence-corrected chi connectivity index (χ4v) is 4.39. The highest BCUT2D eigenvalue weighted by Gasteiger charge is 2.25. The van der Waals surface area contributed by atoms with Crippen LogP contribution in [0.15, 0.2) is 89.3 Å². The number of ether oxygens (including phenoxy) is 2. The molecule has 0 saturated carbocycles. The first kappa shape index (κ1) is 29.7. The molecule has 4 aromatic rings. The van der Waals surface area contributed by atoms with Crippen LogP contribution in [-0.4, -0.2) is 46.2 Å². The van der Waals surface area contributed by atoms with Crippen LogP contribution in [0.2, 0.25) is 0 Å². The van der Waals surface area contributed by atoms with Crippen LogP contribution in [0.25, 0.3) is 11.5 Å². The Balaban J connectivity index is 1.30. The number of thioether (sulfide) groups is 1. The van der Waals surface area contributed by atoms with Gasteiger partial charge in [-0.15, -0.1) is 22.0 Å². The Morgan fingerprint density at radius 1 is 0.927 bits per heavy atom. The molecular formula is C31H34N4O5S. The average molecular weight is 575 g/mol. The summed E-state index contributed by atoms with van der Waals surface area (Å²) in [7, 11) is 0. The summed E-state index contributed by atoms with van der Waals surface area (Å²) < 4.78 is 16.9. The van der Waals surface area contributed by atoms with Gasteiger partial charge in [-0.1, -0.05) is 48.5 Å². The normalized spacial score (nSPS) is 11.9. The van der Waals surface area contributed by atoms with Crippen LogP contribution in [-0.2, 0) is 21.7 Å². The van der Waals surface area contributed by atoms with Crippen molar-refractivity contribution in [1.82, 2.24) is 15.5 Å². The van der Waals surface area contributed by atoms with Gasteiger partial charge in [0.25, 0.3) is 0 Å². The predicted octanol–water partition coefficient (Wildman–Crippen LogP) is 6.12. The van der Waals surface area contributed by atoms with Gasteiger partial charge >= 0.3 is 6.09 Å². The third kappa shape index (κ3) is 9.99. The minimum Gasteiger partial charge on any atom is -0.493 e. The van der Waals surface area contributed by atoms with E-state index >= 15 is 0 Å². The molecular weight excluding hydrogens is 540 g/mol. The zero-order valence-electron chi connectivity index (χ0n) is 23.3. The van der Waals surface area contributed by atoms with Crippen LogP contribution >= 0.6 is 11.8 Å². The van der Waals surface area contributed by atoms with Crippen molar-refractivity contribution in [3.05, 3.63) is 96.4 Å². The lowest BCUT2D eigenvalue weighted by Crippen LogP contribution is -2.47. The molecule has 1 heterocycles. The lowest BCUT2D eigenvalue weighted by Gasteiger charge is -2.23. The molecule has 2 amide bonds. The summed E-state index contributed by atoms with van der Waals surface area (Å²) in [6.45, 7) is 5.90. The average Bonchev–Trinajstić information content (AvgIpc) is 3.42. The Bertz CT molecular complexity index is 1390. The molecule has 0 fully saturated rings. The van der Waals surface area contributed by atoms with Crippen LogP contribution in [0.3, 0.4) is 0 Å². The Labute approximate surface area is 244 Å². The third-order valence-corrected chi connectivity index (χ3v) is 6.53. The lowest BCUT2D eigenvalue weighted by molar-refractivity contribution is -0.118. The minimum absolute atomic E-state index is 0.311. The molecule has 0 radical (unpaired) electrons. The molecule has 9 nitrogen and oxygen atoms in total. The van der Waals surface area contributed by atoms with Gasteiger partial charge in [-0.05, 0) is 62.7 Å². The van der Waals surface area contributed by atoms with Crippen molar-refractivity contribution in [1.29, 1.82) is 0 Å². The van der Waals surface area contributed by atoms with Gasteiger partial charge in [0.15, 0.2) is 0 Å². The van der Waals surface area contributed by atoms with Gasteiger partial charge in [0.1, 0.15) is 17.4 Å². The van der Waals surface area contributed by atoms with Gasteiger partial charge in [-0.25, -0.2) is 4.79 Å². The van der Waals surface area contributed by atoms with E-state index in [-0.39, 0.29) is 5.91 Å². The second kappa shape index (κ2) is 14.4. The number of alkyl carbamates (subject to hydrolysis) is 1. The highest BCUT2D eigenvalue weighted by atomic mass is 32.2. The van der Waals surface area contributed by atoms with Crippen LogP contribution in [0.4, 0.5) is 10.5 Å². The SMILES string of the molecule is CC(C)(C)OC(=O)NC(Cc1ccccc1)C(=O)Nc1ccc(-c2nnc(CSCCOc3ccccc3)o2)cc1. The molecule has 1 atom stereocenters. The van der Waals surface area contributed by atoms with Gasteiger partial charge in [-0.2, -0.15) is 0 Å². The number of aromatic nitrogens is 2. The number of hydrogen-bond acceptors (Lipinski definition) is 8. The zero-order valence-corrected chi connectivity index (χ0v) is 24.1. The maximum Gasteiger partial charge on any atom is 0.408 e. The number of rotatable bonds is 12. The number of benzene rings is 3. The Morgan fingerprint density at radius 3 is 2.29 bits per heavy atom. The fraction of sp³-hybridized carbons (Fsp3) is 0.290. The lowest BCUT2D eigenvalue weighted by atomic mass is 10.1. The molecule has 0 aliphatic carbocycles. The summed E-state index contributed by atoms with van der Waals surface area (Å²) in [6.07, 6.45) is -0.344. The topological polar surface area (TPSA) is 116 Å². The minimum atomic E-state index is -0.832. The number of nitrogens with zero attached hydrogens (tertiary/aromatic N) is 2. The molecule has 1 aromatic heterocycles. The molecule has 1 unspecified atom stereocenters. The molecule has 0 saturated heterocycles. The zero-order chi connectivity index (χ0) is 29.1. The van der Waals surface area contributed by atoms with Crippen LogP contribution in [0.1, 0.15) is 32.2 Å². The van der Waals surface area contributed by atoms with Crippen molar-refractivity contribution in [3.63, 3.8) is 0 Å². The molecule has 0 spiro atoms. The molecule has 214 valence electrons. The molecule has 0 bridgehead atoms. The molecule has 4 rings (SSSR count). The van der Waals surface area contributed by atoms with Crippen molar-refractivity contribution in [2.75, 3.05) is 17.7 Å².